The van der Waals surface area contributed by atoms with E-state index in [0.717, 1.165) is 24.0 Å². The third-order valence-corrected chi connectivity index (χ3v) is 6.28. The van der Waals surface area contributed by atoms with Crippen molar-refractivity contribution < 1.29 is 14.4 Å². The minimum atomic E-state index is -0.731. The zero-order chi connectivity index (χ0) is 24.7. The number of likely N-dealkylation sites (tertiary alicyclic amines) is 1. The molecular formula is C27H37ClN4O3. The summed E-state index contributed by atoms with van der Waals surface area (Å²) in [6, 6.07) is 17.2. The molecule has 190 valence electrons. The summed E-state index contributed by atoms with van der Waals surface area (Å²) in [5, 5.41) is 5.97. The Morgan fingerprint density at radius 2 is 1.43 bits per heavy atom. The van der Waals surface area contributed by atoms with E-state index in [9.17, 15) is 14.4 Å². The van der Waals surface area contributed by atoms with Crippen molar-refractivity contribution in [1.29, 1.82) is 0 Å². The summed E-state index contributed by atoms with van der Waals surface area (Å²) in [6.07, 6.45) is 2.27. The topological polar surface area (TPSA) is 105 Å². The van der Waals surface area contributed by atoms with Crippen molar-refractivity contribution in [3.63, 3.8) is 0 Å². The second-order valence-electron chi connectivity index (χ2n) is 9.33. The fraction of sp³-hybridized carbons (Fsp3) is 0.444. The second-order valence-corrected chi connectivity index (χ2v) is 9.33. The molecule has 0 aliphatic carbocycles. The molecule has 0 spiro atoms. The van der Waals surface area contributed by atoms with Gasteiger partial charge in [-0.05, 0) is 43.2 Å². The predicted molar refractivity (Wildman–Crippen MR) is 140 cm³/mol. The number of nitrogens with two attached hydrogens (primary N) is 1. The summed E-state index contributed by atoms with van der Waals surface area (Å²) >= 11 is 0. The zero-order valence-electron chi connectivity index (χ0n) is 20.6. The van der Waals surface area contributed by atoms with Crippen LogP contribution in [0.5, 0.6) is 0 Å². The second kappa shape index (κ2) is 13.3. The molecular weight excluding hydrogens is 464 g/mol. The molecule has 2 aromatic rings. The highest BCUT2D eigenvalue weighted by molar-refractivity contribution is 5.93. The maximum absolute atomic E-state index is 13.6. The molecule has 2 aromatic carbocycles. The molecule has 1 aliphatic rings. The van der Waals surface area contributed by atoms with E-state index >= 15 is 0 Å². The number of nitrogens with zero attached hydrogens (tertiary/aromatic N) is 1. The Morgan fingerprint density at radius 1 is 0.886 bits per heavy atom. The van der Waals surface area contributed by atoms with Crippen LogP contribution in [0.3, 0.4) is 0 Å². The SMILES string of the molecule is CC(C)[C@H](NC(=O)[C@H](C)N)C(=O)N1CCCC[C@H]1C(=O)NC(c1ccccc1)c1ccccc1.Cl. The predicted octanol–water partition coefficient (Wildman–Crippen LogP) is 3.18. The van der Waals surface area contributed by atoms with Gasteiger partial charge in [-0.15, -0.1) is 12.4 Å². The summed E-state index contributed by atoms with van der Waals surface area (Å²) < 4.78 is 0. The van der Waals surface area contributed by atoms with Gasteiger partial charge in [0.25, 0.3) is 0 Å². The van der Waals surface area contributed by atoms with Crippen LogP contribution in [0.1, 0.15) is 57.2 Å². The molecule has 0 bridgehead atoms. The van der Waals surface area contributed by atoms with Gasteiger partial charge in [0, 0.05) is 6.54 Å². The number of hydrogen-bond acceptors (Lipinski definition) is 4. The van der Waals surface area contributed by atoms with E-state index in [1.54, 1.807) is 11.8 Å². The first-order valence-corrected chi connectivity index (χ1v) is 12.1. The van der Waals surface area contributed by atoms with Crippen LogP contribution in [0.4, 0.5) is 0 Å². The van der Waals surface area contributed by atoms with E-state index in [1.807, 2.05) is 74.5 Å². The van der Waals surface area contributed by atoms with Crippen LogP contribution in [0.15, 0.2) is 60.7 Å². The van der Waals surface area contributed by atoms with E-state index in [1.165, 1.54) is 0 Å². The van der Waals surface area contributed by atoms with Gasteiger partial charge in [0.05, 0.1) is 12.1 Å². The molecule has 0 radical (unpaired) electrons. The van der Waals surface area contributed by atoms with Gasteiger partial charge in [0.1, 0.15) is 12.1 Å². The number of carbonyl (C=O) groups excluding carboxylic acids is 3. The molecule has 7 nitrogen and oxygen atoms in total. The first-order valence-electron chi connectivity index (χ1n) is 12.1. The Balaban J connectivity index is 0.00000432. The lowest BCUT2D eigenvalue weighted by Gasteiger charge is -2.38. The molecule has 0 saturated carbocycles. The molecule has 3 atom stereocenters. The molecule has 0 unspecified atom stereocenters. The van der Waals surface area contributed by atoms with E-state index < -0.39 is 18.1 Å². The fourth-order valence-corrected chi connectivity index (χ4v) is 4.33. The summed E-state index contributed by atoms with van der Waals surface area (Å²) in [5.74, 6) is -0.938. The van der Waals surface area contributed by atoms with Crippen LogP contribution in [-0.4, -0.2) is 47.3 Å². The van der Waals surface area contributed by atoms with Crippen LogP contribution in [-0.2, 0) is 14.4 Å². The summed E-state index contributed by atoms with van der Waals surface area (Å²) in [5.41, 5.74) is 7.65. The van der Waals surface area contributed by atoms with E-state index in [2.05, 4.69) is 10.6 Å². The molecule has 3 rings (SSSR count). The van der Waals surface area contributed by atoms with Crippen molar-refractivity contribution in [3.8, 4) is 0 Å². The number of amides is 3. The highest BCUT2D eigenvalue weighted by Gasteiger charge is 2.38. The van der Waals surface area contributed by atoms with Gasteiger partial charge >= 0.3 is 0 Å². The van der Waals surface area contributed by atoms with Crippen molar-refractivity contribution in [2.24, 2.45) is 11.7 Å². The van der Waals surface area contributed by atoms with Crippen molar-refractivity contribution in [1.82, 2.24) is 15.5 Å². The average molecular weight is 501 g/mol. The number of piperidine rings is 1. The Labute approximate surface area is 214 Å². The Bertz CT molecular complexity index is 929. The lowest BCUT2D eigenvalue weighted by molar-refractivity contribution is -0.146. The average Bonchev–Trinajstić information content (AvgIpc) is 2.85. The molecule has 1 aliphatic heterocycles. The maximum atomic E-state index is 13.6. The van der Waals surface area contributed by atoms with Gasteiger partial charge in [-0.3, -0.25) is 14.4 Å². The highest BCUT2D eigenvalue weighted by Crippen LogP contribution is 2.25. The summed E-state index contributed by atoms with van der Waals surface area (Å²) in [6.45, 7) is 5.82. The quantitative estimate of drug-likeness (QED) is 0.517. The largest absolute Gasteiger partial charge is 0.343 e. The van der Waals surface area contributed by atoms with Crippen molar-refractivity contribution >= 4 is 30.1 Å². The number of halogens is 1. The van der Waals surface area contributed by atoms with Gasteiger partial charge in [-0.1, -0.05) is 74.5 Å². The van der Waals surface area contributed by atoms with E-state index in [4.69, 9.17) is 5.73 Å². The van der Waals surface area contributed by atoms with Crippen molar-refractivity contribution in [2.45, 2.75) is 64.2 Å². The van der Waals surface area contributed by atoms with Crippen LogP contribution < -0.4 is 16.4 Å². The molecule has 1 heterocycles. The van der Waals surface area contributed by atoms with Gasteiger partial charge in [-0.2, -0.15) is 0 Å². The van der Waals surface area contributed by atoms with Gasteiger partial charge < -0.3 is 21.3 Å². The molecule has 4 N–H and O–H groups in total. The van der Waals surface area contributed by atoms with Crippen molar-refractivity contribution in [3.05, 3.63) is 71.8 Å². The van der Waals surface area contributed by atoms with Crippen LogP contribution in [0.2, 0.25) is 0 Å². The number of rotatable bonds is 8. The lowest BCUT2D eigenvalue weighted by atomic mass is 9.95. The number of carbonyl (C=O) groups is 3. The minimum Gasteiger partial charge on any atom is -0.343 e. The molecule has 0 aromatic heterocycles. The zero-order valence-corrected chi connectivity index (χ0v) is 21.5. The molecule has 8 heteroatoms. The van der Waals surface area contributed by atoms with Crippen LogP contribution in [0, 0.1) is 5.92 Å². The number of benzene rings is 2. The first-order chi connectivity index (χ1) is 16.3. The fourth-order valence-electron chi connectivity index (χ4n) is 4.33. The third-order valence-electron chi connectivity index (χ3n) is 6.28. The van der Waals surface area contributed by atoms with Crippen LogP contribution >= 0.6 is 12.4 Å². The third kappa shape index (κ3) is 7.29. The lowest BCUT2D eigenvalue weighted by Crippen LogP contribution is -2.60. The monoisotopic (exact) mass is 500 g/mol. The smallest absolute Gasteiger partial charge is 0.246 e. The normalized spacial score (nSPS) is 17.3. The Hall–Kier alpha value is -2.90. The highest BCUT2D eigenvalue weighted by atomic mass is 35.5. The minimum absolute atomic E-state index is 0. The molecule has 35 heavy (non-hydrogen) atoms. The summed E-state index contributed by atoms with van der Waals surface area (Å²) in [4.78, 5) is 41.0. The van der Waals surface area contributed by atoms with Gasteiger partial charge in [0.2, 0.25) is 17.7 Å². The van der Waals surface area contributed by atoms with Gasteiger partial charge in [-0.25, -0.2) is 0 Å². The number of nitrogens with one attached hydrogen (secondary N) is 2. The molecule has 1 saturated heterocycles. The standard InChI is InChI=1S/C27H36N4O3.ClH/c1-18(2)23(29-25(32)19(3)28)27(34)31-17-11-10-16-22(31)26(33)30-24(20-12-6-4-7-13-20)21-14-8-5-9-15-21;/h4-9,12-15,18-19,22-24H,10-11,16-17,28H2,1-3H3,(H,29,32)(H,30,33);1H/t19-,22-,23-;/m0./s1. The number of hydrogen-bond donors (Lipinski definition) is 3. The summed E-state index contributed by atoms with van der Waals surface area (Å²) in [7, 11) is 0. The van der Waals surface area contributed by atoms with E-state index in [0.29, 0.717) is 13.0 Å². The van der Waals surface area contributed by atoms with Gasteiger partial charge in [0.15, 0.2) is 0 Å². The maximum Gasteiger partial charge on any atom is 0.246 e. The van der Waals surface area contributed by atoms with E-state index in [-0.39, 0.29) is 42.1 Å². The Morgan fingerprint density at radius 3 is 1.91 bits per heavy atom. The molecule has 3 amide bonds. The van der Waals surface area contributed by atoms with Crippen molar-refractivity contribution in [2.75, 3.05) is 6.54 Å². The molecule has 1 fully saturated rings. The van der Waals surface area contributed by atoms with Crippen LogP contribution in [0.25, 0.3) is 0 Å². The first kappa shape index (κ1) is 28.3. The Kier molecular flexibility index (Phi) is 10.7.